The van der Waals surface area contributed by atoms with Crippen LogP contribution in [0.25, 0.3) is 0 Å². The van der Waals surface area contributed by atoms with Crippen molar-refractivity contribution < 1.29 is 19.8 Å². The zero-order valence-electron chi connectivity index (χ0n) is 8.56. The molecule has 0 saturated heterocycles. The Morgan fingerprint density at radius 1 is 1.00 bits per heavy atom. The fourth-order valence-electron chi connectivity index (χ4n) is 1.28. The Hall–Kier alpha value is -1.36. The first-order valence-electron chi connectivity index (χ1n) is 4.92. The molecule has 0 aromatic heterocycles. The molecule has 1 aliphatic carbocycles. The van der Waals surface area contributed by atoms with Crippen molar-refractivity contribution in [3.05, 3.63) is 12.2 Å². The fraction of sp³-hybridized carbons (Fsp3) is 0.600. The monoisotopic (exact) mass is 215 g/mol. The molecule has 0 spiro atoms. The van der Waals surface area contributed by atoms with Crippen molar-refractivity contribution in [1.29, 1.82) is 0 Å². The summed E-state index contributed by atoms with van der Waals surface area (Å²) >= 11 is 0. The SMILES string of the molecule is NC1CCCCC1.O=C(O)C=CC(=O)O. The van der Waals surface area contributed by atoms with E-state index in [0.717, 1.165) is 0 Å². The van der Waals surface area contributed by atoms with E-state index in [2.05, 4.69) is 0 Å². The number of carboxylic acid groups (broad SMARTS) is 2. The first-order valence-corrected chi connectivity index (χ1v) is 4.92. The van der Waals surface area contributed by atoms with Crippen LogP contribution in [0.3, 0.4) is 0 Å². The topological polar surface area (TPSA) is 101 Å². The summed E-state index contributed by atoms with van der Waals surface area (Å²) in [5.74, 6) is -2.51. The number of hydrogen-bond acceptors (Lipinski definition) is 3. The number of hydrogen-bond donors (Lipinski definition) is 3. The normalized spacial score (nSPS) is 16.9. The summed E-state index contributed by atoms with van der Waals surface area (Å²) in [6.45, 7) is 0. The number of aliphatic carboxylic acids is 2. The molecule has 0 aromatic rings. The van der Waals surface area contributed by atoms with E-state index in [1.165, 1.54) is 32.1 Å². The van der Waals surface area contributed by atoms with Crippen LogP contribution in [0, 0.1) is 0 Å². The molecule has 86 valence electrons. The molecule has 15 heavy (non-hydrogen) atoms. The maximum Gasteiger partial charge on any atom is 0.328 e. The van der Waals surface area contributed by atoms with Gasteiger partial charge in [0.05, 0.1) is 0 Å². The highest BCUT2D eigenvalue weighted by molar-refractivity contribution is 5.89. The first kappa shape index (κ1) is 13.6. The van der Waals surface area contributed by atoms with Gasteiger partial charge in [0.25, 0.3) is 0 Å². The van der Waals surface area contributed by atoms with Crippen LogP contribution < -0.4 is 5.73 Å². The van der Waals surface area contributed by atoms with Crippen molar-refractivity contribution in [2.75, 3.05) is 0 Å². The van der Waals surface area contributed by atoms with Crippen molar-refractivity contribution in [2.24, 2.45) is 5.73 Å². The van der Waals surface area contributed by atoms with Gasteiger partial charge in [0, 0.05) is 18.2 Å². The minimum absolute atomic E-state index is 0.536. The summed E-state index contributed by atoms with van der Waals surface area (Å²) in [4.78, 5) is 19.1. The second-order valence-corrected chi connectivity index (χ2v) is 3.41. The molecule has 0 radical (unpaired) electrons. The number of carbonyl (C=O) groups is 2. The Morgan fingerprint density at radius 2 is 1.40 bits per heavy atom. The molecule has 0 aliphatic heterocycles. The van der Waals surface area contributed by atoms with Gasteiger partial charge < -0.3 is 15.9 Å². The largest absolute Gasteiger partial charge is 0.478 e. The lowest BCUT2D eigenvalue weighted by molar-refractivity contribution is -0.134. The van der Waals surface area contributed by atoms with Crippen LogP contribution >= 0.6 is 0 Å². The van der Waals surface area contributed by atoms with Crippen LogP contribution in [0.1, 0.15) is 32.1 Å². The Bertz CT molecular complexity index is 216. The Balaban J connectivity index is 0.000000262. The summed E-state index contributed by atoms with van der Waals surface area (Å²) < 4.78 is 0. The van der Waals surface area contributed by atoms with Gasteiger partial charge in [-0.05, 0) is 12.8 Å². The lowest BCUT2D eigenvalue weighted by Gasteiger charge is -2.15. The summed E-state index contributed by atoms with van der Waals surface area (Å²) in [6.07, 6.45) is 7.78. The van der Waals surface area contributed by atoms with Crippen LogP contribution in [0.15, 0.2) is 12.2 Å². The van der Waals surface area contributed by atoms with Crippen LogP contribution in [0.4, 0.5) is 0 Å². The van der Waals surface area contributed by atoms with Crippen LogP contribution in [0.5, 0.6) is 0 Å². The lowest BCUT2D eigenvalue weighted by atomic mass is 9.97. The molecule has 0 unspecified atom stereocenters. The quantitative estimate of drug-likeness (QED) is 0.596. The summed E-state index contributed by atoms with van der Waals surface area (Å²) in [5, 5.41) is 15.6. The predicted octanol–water partition coefficient (Wildman–Crippen LogP) is 0.990. The molecule has 0 atom stereocenters. The molecule has 5 heteroatoms. The summed E-state index contributed by atoms with van der Waals surface area (Å²) in [6, 6.07) is 0.536. The third-order valence-electron chi connectivity index (χ3n) is 2.02. The van der Waals surface area contributed by atoms with E-state index in [1.54, 1.807) is 0 Å². The van der Waals surface area contributed by atoms with Gasteiger partial charge in [-0.1, -0.05) is 19.3 Å². The maximum absolute atomic E-state index is 9.55. The van der Waals surface area contributed by atoms with Gasteiger partial charge in [-0.25, -0.2) is 9.59 Å². The van der Waals surface area contributed by atoms with Gasteiger partial charge in [-0.15, -0.1) is 0 Å². The van der Waals surface area contributed by atoms with Gasteiger partial charge in [-0.3, -0.25) is 0 Å². The van der Waals surface area contributed by atoms with E-state index in [-0.39, 0.29) is 0 Å². The summed E-state index contributed by atoms with van der Waals surface area (Å²) in [7, 11) is 0. The molecular weight excluding hydrogens is 198 g/mol. The van der Waals surface area contributed by atoms with Crippen molar-refractivity contribution >= 4 is 11.9 Å². The molecule has 1 fully saturated rings. The highest BCUT2D eigenvalue weighted by atomic mass is 16.4. The van der Waals surface area contributed by atoms with E-state index in [1.807, 2.05) is 0 Å². The second kappa shape index (κ2) is 7.99. The van der Waals surface area contributed by atoms with Gasteiger partial charge in [0.2, 0.25) is 0 Å². The number of carboxylic acids is 2. The Morgan fingerprint density at radius 3 is 1.60 bits per heavy atom. The van der Waals surface area contributed by atoms with Gasteiger partial charge >= 0.3 is 11.9 Å². The lowest BCUT2D eigenvalue weighted by Crippen LogP contribution is -2.22. The molecule has 0 bridgehead atoms. The van der Waals surface area contributed by atoms with Crippen molar-refractivity contribution in [3.63, 3.8) is 0 Å². The van der Waals surface area contributed by atoms with Crippen molar-refractivity contribution in [1.82, 2.24) is 0 Å². The maximum atomic E-state index is 9.55. The van der Waals surface area contributed by atoms with E-state index in [9.17, 15) is 9.59 Å². The smallest absolute Gasteiger partial charge is 0.328 e. The van der Waals surface area contributed by atoms with E-state index >= 15 is 0 Å². The second-order valence-electron chi connectivity index (χ2n) is 3.41. The van der Waals surface area contributed by atoms with Crippen molar-refractivity contribution in [2.45, 2.75) is 38.1 Å². The van der Waals surface area contributed by atoms with Crippen LogP contribution in [-0.4, -0.2) is 28.2 Å². The first-order chi connectivity index (χ1) is 7.02. The zero-order valence-corrected chi connectivity index (χ0v) is 8.56. The molecule has 1 aliphatic rings. The molecule has 0 aromatic carbocycles. The standard InChI is InChI=1S/C6H13N.C4H4O4/c7-6-4-2-1-3-5-6;5-3(6)1-2-4(7)8/h6H,1-5,7H2;1-2H,(H,5,6)(H,7,8). The fourth-order valence-corrected chi connectivity index (χ4v) is 1.28. The average Bonchev–Trinajstić information content (AvgIpc) is 2.17. The molecular formula is C10H17NO4. The van der Waals surface area contributed by atoms with E-state index < -0.39 is 11.9 Å². The van der Waals surface area contributed by atoms with Gasteiger partial charge in [0.15, 0.2) is 0 Å². The van der Waals surface area contributed by atoms with Crippen LogP contribution in [0.2, 0.25) is 0 Å². The molecule has 5 nitrogen and oxygen atoms in total. The zero-order chi connectivity index (χ0) is 11.7. The van der Waals surface area contributed by atoms with E-state index in [4.69, 9.17) is 15.9 Å². The highest BCUT2D eigenvalue weighted by Gasteiger charge is 2.06. The molecule has 1 saturated carbocycles. The highest BCUT2D eigenvalue weighted by Crippen LogP contribution is 2.14. The Labute approximate surface area is 88.6 Å². The third kappa shape index (κ3) is 10.6. The van der Waals surface area contributed by atoms with Crippen molar-refractivity contribution in [3.8, 4) is 0 Å². The minimum atomic E-state index is -1.26. The van der Waals surface area contributed by atoms with Gasteiger partial charge in [0.1, 0.15) is 0 Å². The van der Waals surface area contributed by atoms with E-state index in [0.29, 0.717) is 18.2 Å². The predicted molar refractivity (Wildman–Crippen MR) is 55.5 cm³/mol. The summed E-state index contributed by atoms with van der Waals surface area (Å²) in [5.41, 5.74) is 5.63. The number of nitrogens with two attached hydrogens (primary N) is 1. The number of rotatable bonds is 2. The van der Waals surface area contributed by atoms with Crippen LogP contribution in [-0.2, 0) is 9.59 Å². The molecule has 4 N–H and O–H groups in total. The average molecular weight is 215 g/mol. The molecule has 0 heterocycles. The molecule has 1 rings (SSSR count). The third-order valence-corrected chi connectivity index (χ3v) is 2.02. The molecule has 0 amide bonds. The minimum Gasteiger partial charge on any atom is -0.478 e. The Kier molecular flexibility index (Phi) is 7.27. The van der Waals surface area contributed by atoms with Gasteiger partial charge in [-0.2, -0.15) is 0 Å².